The molecule has 6 heteroatoms. The van der Waals surface area contributed by atoms with Crippen LogP contribution in [0.2, 0.25) is 0 Å². The van der Waals surface area contributed by atoms with Crippen LogP contribution < -0.4 is 5.43 Å². The fourth-order valence-corrected chi connectivity index (χ4v) is 3.58. The van der Waals surface area contributed by atoms with Gasteiger partial charge in [-0.15, -0.1) is 0 Å². The minimum absolute atomic E-state index is 0.153. The van der Waals surface area contributed by atoms with Crippen LogP contribution in [0.1, 0.15) is 22.8 Å². The molecule has 1 aliphatic carbocycles. The van der Waals surface area contributed by atoms with Gasteiger partial charge in [0.1, 0.15) is 11.3 Å². The maximum absolute atomic E-state index is 12.6. The van der Waals surface area contributed by atoms with Gasteiger partial charge in [0.15, 0.2) is 5.43 Å². The van der Waals surface area contributed by atoms with Crippen molar-refractivity contribution in [3.05, 3.63) is 82.0 Å². The van der Waals surface area contributed by atoms with Gasteiger partial charge in [0.25, 0.3) is 0 Å². The molecule has 0 atom stereocenters. The van der Waals surface area contributed by atoms with Gasteiger partial charge in [-0.25, -0.2) is 4.79 Å². The van der Waals surface area contributed by atoms with E-state index in [1.54, 1.807) is 43.3 Å². The van der Waals surface area contributed by atoms with Crippen molar-refractivity contribution >= 4 is 22.9 Å². The number of carboxylic acids is 1. The number of fused-ring (bicyclic) bond motifs is 2. The molecule has 6 nitrogen and oxygen atoms in total. The molecule has 2 aliphatic rings. The largest absolute Gasteiger partial charge is 0.481 e. The number of benzene rings is 3. The van der Waals surface area contributed by atoms with Gasteiger partial charge in [-0.2, -0.15) is 0 Å². The van der Waals surface area contributed by atoms with Crippen molar-refractivity contribution in [2.75, 3.05) is 6.61 Å². The molecule has 0 radical (unpaired) electrons. The van der Waals surface area contributed by atoms with Crippen LogP contribution in [0.5, 0.6) is 0 Å². The van der Waals surface area contributed by atoms with E-state index in [0.717, 1.165) is 5.56 Å². The van der Waals surface area contributed by atoms with Crippen molar-refractivity contribution < 1.29 is 23.8 Å². The van der Waals surface area contributed by atoms with E-state index in [9.17, 15) is 14.4 Å². The molecule has 1 heterocycles. The Bertz CT molecular complexity index is 1300. The molecule has 0 unspecified atom stereocenters. The van der Waals surface area contributed by atoms with Crippen molar-refractivity contribution in [2.24, 2.45) is 0 Å². The summed E-state index contributed by atoms with van der Waals surface area (Å²) in [5.74, 6) is -1.04. The molecule has 0 aromatic heterocycles. The summed E-state index contributed by atoms with van der Waals surface area (Å²) in [4.78, 5) is 35.6. The average Bonchev–Trinajstić information content (AvgIpc) is 2.71. The average molecular weight is 402 g/mol. The van der Waals surface area contributed by atoms with E-state index >= 15 is 0 Å². The van der Waals surface area contributed by atoms with Crippen LogP contribution in [0.4, 0.5) is 0 Å². The van der Waals surface area contributed by atoms with Gasteiger partial charge in [-0.3, -0.25) is 9.59 Å². The number of rotatable bonds is 5. The lowest BCUT2D eigenvalue weighted by Gasteiger charge is -2.17. The summed E-state index contributed by atoms with van der Waals surface area (Å²) < 4.78 is 11.2. The van der Waals surface area contributed by atoms with Crippen LogP contribution in [0.3, 0.4) is 0 Å². The summed E-state index contributed by atoms with van der Waals surface area (Å²) in [7, 11) is 0. The number of aliphatic carboxylic acids is 1. The molecule has 0 fully saturated rings. The van der Waals surface area contributed by atoms with E-state index in [1.165, 1.54) is 12.1 Å². The fourth-order valence-electron chi connectivity index (χ4n) is 3.58. The quantitative estimate of drug-likeness (QED) is 0.394. The van der Waals surface area contributed by atoms with E-state index in [2.05, 4.69) is 0 Å². The smallest absolute Gasteiger partial charge is 0.338 e. The molecule has 0 bridgehead atoms. The van der Waals surface area contributed by atoms with E-state index in [1.807, 2.05) is 12.1 Å². The normalized spacial score (nSPS) is 11.0. The fraction of sp³-hybridized carbons (Fsp3) is 0.125. The Hall–Kier alpha value is -3.93. The van der Waals surface area contributed by atoms with Crippen LogP contribution >= 0.6 is 0 Å². The maximum atomic E-state index is 12.6. The number of carbonyl (C=O) groups is 2. The van der Waals surface area contributed by atoms with Crippen LogP contribution in [-0.4, -0.2) is 23.7 Å². The second kappa shape index (κ2) is 7.83. The van der Waals surface area contributed by atoms with Gasteiger partial charge in [-0.05, 0) is 42.3 Å². The Morgan fingerprint density at radius 3 is 2.57 bits per heavy atom. The zero-order chi connectivity index (χ0) is 21.3. The molecule has 0 amide bonds. The first-order chi connectivity index (χ1) is 14.5. The third-order valence-electron chi connectivity index (χ3n) is 4.80. The highest BCUT2D eigenvalue weighted by molar-refractivity contribution is 6.07. The zero-order valence-corrected chi connectivity index (χ0v) is 16.2. The molecule has 0 spiro atoms. The van der Waals surface area contributed by atoms with Crippen LogP contribution in [0, 0.1) is 0 Å². The molecule has 150 valence electrons. The van der Waals surface area contributed by atoms with Gasteiger partial charge >= 0.3 is 11.9 Å². The summed E-state index contributed by atoms with van der Waals surface area (Å²) >= 11 is 0. The summed E-state index contributed by atoms with van der Waals surface area (Å²) in [6.07, 6.45) is -0.153. The van der Waals surface area contributed by atoms with E-state index in [4.69, 9.17) is 14.3 Å². The van der Waals surface area contributed by atoms with Crippen molar-refractivity contribution in [1.82, 2.24) is 0 Å². The van der Waals surface area contributed by atoms with Gasteiger partial charge in [0.2, 0.25) is 0 Å². The number of carboxylic acid groups (broad SMARTS) is 1. The summed E-state index contributed by atoms with van der Waals surface area (Å²) in [5, 5.41) is 9.81. The number of hydrogen-bond donors (Lipinski definition) is 1. The molecule has 2 aromatic rings. The first-order valence-electron chi connectivity index (χ1n) is 9.45. The molecule has 1 N–H and O–H groups in total. The minimum atomic E-state index is -0.954. The lowest BCUT2D eigenvalue weighted by Crippen LogP contribution is -2.07. The topological polar surface area (TPSA) is 93.8 Å². The predicted octanol–water partition coefficient (Wildman–Crippen LogP) is 4.37. The number of ether oxygens (including phenoxy) is 1. The van der Waals surface area contributed by atoms with Gasteiger partial charge in [-0.1, -0.05) is 30.3 Å². The van der Waals surface area contributed by atoms with Crippen molar-refractivity contribution in [1.29, 1.82) is 0 Å². The first-order valence-corrected chi connectivity index (χ1v) is 9.45. The Balaban J connectivity index is 2.07. The number of hydrogen-bond acceptors (Lipinski definition) is 5. The third kappa shape index (κ3) is 3.55. The summed E-state index contributed by atoms with van der Waals surface area (Å²) in [6.45, 7) is 1.99. The van der Waals surface area contributed by atoms with E-state index in [0.29, 0.717) is 39.0 Å². The molecule has 0 saturated heterocycles. The zero-order valence-electron chi connectivity index (χ0n) is 16.2. The maximum Gasteiger partial charge on any atom is 0.338 e. The van der Waals surface area contributed by atoms with Gasteiger partial charge in [0.05, 0.1) is 18.6 Å². The third-order valence-corrected chi connectivity index (χ3v) is 4.80. The highest BCUT2D eigenvalue weighted by Gasteiger charge is 2.22. The van der Waals surface area contributed by atoms with Gasteiger partial charge < -0.3 is 14.3 Å². The molecule has 30 heavy (non-hydrogen) atoms. The number of carbonyl (C=O) groups excluding carboxylic acids is 1. The summed E-state index contributed by atoms with van der Waals surface area (Å²) in [6, 6.07) is 16.7. The molecule has 1 aliphatic heterocycles. The van der Waals surface area contributed by atoms with E-state index in [-0.39, 0.29) is 18.5 Å². The monoisotopic (exact) mass is 402 g/mol. The molecule has 0 saturated carbocycles. The Labute approximate surface area is 171 Å². The van der Waals surface area contributed by atoms with Crippen LogP contribution in [0.15, 0.2) is 69.9 Å². The standard InChI is InChI=1S/C24H18O6/c1-2-29-24(28)17-6-4-3-5-16(17)23-18-9-7-14(12-22(26)27)11-20(18)30-21-13-15(25)8-10-19(21)23/h3-11,13H,2,12H2,1H3,(H,26,27). The predicted molar refractivity (Wildman–Crippen MR) is 112 cm³/mol. The van der Waals surface area contributed by atoms with Crippen LogP contribution in [0.25, 0.3) is 33.4 Å². The van der Waals surface area contributed by atoms with Crippen molar-refractivity contribution in [3.8, 4) is 22.5 Å². The molecule has 4 rings (SSSR count). The highest BCUT2D eigenvalue weighted by Crippen LogP contribution is 2.41. The highest BCUT2D eigenvalue weighted by atomic mass is 16.5. The SMILES string of the molecule is CCOC(=O)c1ccccc1-c1c2ccc(=O)cc-2oc2cc(CC(=O)O)ccc12. The summed E-state index contributed by atoms with van der Waals surface area (Å²) in [5.41, 5.74) is 3.22. The number of esters is 1. The molecular formula is C24H18O6. The molecular weight excluding hydrogens is 384 g/mol. The van der Waals surface area contributed by atoms with Crippen molar-refractivity contribution in [3.63, 3.8) is 0 Å². The first kappa shape index (κ1) is 19.4. The Morgan fingerprint density at radius 2 is 1.80 bits per heavy atom. The Morgan fingerprint density at radius 1 is 1.00 bits per heavy atom. The Kier molecular flexibility index (Phi) is 5.06. The lowest BCUT2D eigenvalue weighted by atomic mass is 9.90. The lowest BCUT2D eigenvalue weighted by molar-refractivity contribution is -0.136. The molecule has 2 aromatic carbocycles. The minimum Gasteiger partial charge on any atom is -0.481 e. The van der Waals surface area contributed by atoms with Gasteiger partial charge in [0, 0.05) is 22.6 Å². The van der Waals surface area contributed by atoms with Crippen molar-refractivity contribution in [2.45, 2.75) is 13.3 Å². The van der Waals surface area contributed by atoms with E-state index < -0.39 is 11.9 Å². The van der Waals surface area contributed by atoms with Crippen LogP contribution in [-0.2, 0) is 16.0 Å². The second-order valence-electron chi connectivity index (χ2n) is 6.80. The second-order valence-corrected chi connectivity index (χ2v) is 6.80.